The third-order valence-electron chi connectivity index (χ3n) is 3.48. The zero-order chi connectivity index (χ0) is 18.4. The summed E-state index contributed by atoms with van der Waals surface area (Å²) in [5.41, 5.74) is 0.585. The van der Waals surface area contributed by atoms with Crippen molar-refractivity contribution < 1.29 is 4.79 Å². The number of amides is 1. The molecule has 0 radical (unpaired) electrons. The molecule has 2 heterocycles. The van der Waals surface area contributed by atoms with E-state index in [4.69, 9.17) is 0 Å². The van der Waals surface area contributed by atoms with Crippen LogP contribution in [0, 0.1) is 0 Å². The minimum atomic E-state index is -0.246. The van der Waals surface area contributed by atoms with Crippen molar-refractivity contribution in [2.75, 3.05) is 27.2 Å². The van der Waals surface area contributed by atoms with Crippen LogP contribution < -0.4 is 10.6 Å². The lowest BCUT2D eigenvalue weighted by atomic mass is 10.1. The molecule has 0 aliphatic carbocycles. The van der Waals surface area contributed by atoms with Crippen LogP contribution in [0.4, 0.5) is 0 Å². The second-order valence-electron chi connectivity index (χ2n) is 6.92. The largest absolute Gasteiger partial charge is 0.356 e. The molecule has 0 saturated carbocycles. The summed E-state index contributed by atoms with van der Waals surface area (Å²) in [4.78, 5) is 18.1. The van der Waals surface area contributed by atoms with E-state index in [0.717, 1.165) is 11.5 Å². The number of guanidine groups is 1. The number of fused-ring (bicyclic) bond motifs is 1. The summed E-state index contributed by atoms with van der Waals surface area (Å²) in [5.74, 6) is 1.51. The number of nitrogens with zero attached hydrogens (tertiary/aromatic N) is 5. The first-order valence-electron chi connectivity index (χ1n) is 8.31. The zero-order valence-electron chi connectivity index (χ0n) is 15.6. The molecule has 0 saturated heterocycles. The van der Waals surface area contributed by atoms with Crippen LogP contribution in [0.2, 0.25) is 0 Å². The van der Waals surface area contributed by atoms with Crippen LogP contribution in [0.25, 0.3) is 5.65 Å². The van der Waals surface area contributed by atoms with Crippen molar-refractivity contribution >= 4 is 17.5 Å². The van der Waals surface area contributed by atoms with E-state index in [1.165, 1.54) is 0 Å². The summed E-state index contributed by atoms with van der Waals surface area (Å²) in [6, 6.07) is 5.81. The van der Waals surface area contributed by atoms with Crippen molar-refractivity contribution in [1.82, 2.24) is 30.1 Å². The lowest BCUT2D eigenvalue weighted by Gasteiger charge is -2.25. The highest BCUT2D eigenvalue weighted by atomic mass is 16.2. The number of hydrogen-bond acceptors (Lipinski definition) is 4. The molecule has 2 N–H and O–H groups in total. The highest BCUT2D eigenvalue weighted by Crippen LogP contribution is 2.03. The fourth-order valence-corrected chi connectivity index (χ4v) is 2.48. The Kier molecular flexibility index (Phi) is 5.95. The molecule has 0 aromatic carbocycles. The molecule has 2 aromatic rings. The van der Waals surface area contributed by atoms with Crippen LogP contribution in [-0.4, -0.2) is 64.1 Å². The summed E-state index contributed by atoms with van der Waals surface area (Å²) in [7, 11) is 3.54. The number of hydrogen-bond donors (Lipinski definition) is 2. The fourth-order valence-electron chi connectivity index (χ4n) is 2.48. The molecule has 0 spiro atoms. The Balaban J connectivity index is 1.86. The normalized spacial score (nSPS) is 12.3. The summed E-state index contributed by atoms with van der Waals surface area (Å²) < 4.78 is 1.96. The maximum atomic E-state index is 12.0. The number of carbonyl (C=O) groups excluding carboxylic acids is 1. The molecular formula is C17H27N7O. The standard InChI is InChI=1S/C17H27N7O/c1-17(2,3)20-15(25)12-23(5)16(18-4)19-10-9-14-22-21-13-8-6-7-11-24(13)14/h6-8,11H,9-10,12H2,1-5H3,(H,18,19)(H,20,25). The second kappa shape index (κ2) is 7.96. The van der Waals surface area contributed by atoms with E-state index in [-0.39, 0.29) is 18.0 Å². The highest BCUT2D eigenvalue weighted by Gasteiger charge is 2.16. The molecule has 0 bridgehead atoms. The number of aromatic nitrogens is 3. The van der Waals surface area contributed by atoms with Crippen LogP contribution in [0.15, 0.2) is 29.4 Å². The molecule has 0 fully saturated rings. The Bertz CT molecular complexity index is 745. The van der Waals surface area contributed by atoms with Gasteiger partial charge in [0.05, 0.1) is 6.54 Å². The van der Waals surface area contributed by atoms with Crippen molar-refractivity contribution in [3.05, 3.63) is 30.2 Å². The van der Waals surface area contributed by atoms with Crippen LogP contribution >= 0.6 is 0 Å². The summed E-state index contributed by atoms with van der Waals surface area (Å²) in [6.45, 7) is 6.76. The van der Waals surface area contributed by atoms with E-state index in [9.17, 15) is 4.79 Å². The van der Waals surface area contributed by atoms with Gasteiger partial charge in [0.15, 0.2) is 11.6 Å². The third-order valence-corrected chi connectivity index (χ3v) is 3.48. The minimum absolute atomic E-state index is 0.0404. The van der Waals surface area contributed by atoms with Crippen molar-refractivity contribution in [2.45, 2.75) is 32.7 Å². The zero-order valence-corrected chi connectivity index (χ0v) is 15.6. The predicted octanol–water partition coefficient (Wildman–Crippen LogP) is 0.694. The monoisotopic (exact) mass is 345 g/mol. The van der Waals surface area contributed by atoms with Crippen LogP contribution in [0.1, 0.15) is 26.6 Å². The van der Waals surface area contributed by atoms with E-state index in [1.807, 2.05) is 56.6 Å². The van der Waals surface area contributed by atoms with Crippen molar-refractivity contribution in [2.24, 2.45) is 4.99 Å². The maximum Gasteiger partial charge on any atom is 0.240 e. The number of aliphatic imine (C=N–C) groups is 1. The molecule has 1 amide bonds. The predicted molar refractivity (Wildman–Crippen MR) is 98.6 cm³/mol. The highest BCUT2D eigenvalue weighted by molar-refractivity contribution is 5.86. The van der Waals surface area contributed by atoms with Crippen molar-refractivity contribution in [1.29, 1.82) is 0 Å². The molecular weight excluding hydrogens is 318 g/mol. The van der Waals surface area contributed by atoms with Gasteiger partial charge in [0.25, 0.3) is 0 Å². The van der Waals surface area contributed by atoms with Gasteiger partial charge in [0.2, 0.25) is 5.91 Å². The number of likely N-dealkylation sites (N-methyl/N-ethyl adjacent to an activating group) is 1. The SMILES string of the molecule is CN=C(NCCc1nnc2ccccn12)N(C)CC(=O)NC(C)(C)C. The Labute approximate surface area is 148 Å². The molecule has 0 aliphatic heterocycles. The second-order valence-corrected chi connectivity index (χ2v) is 6.92. The van der Waals surface area contributed by atoms with Gasteiger partial charge in [-0.3, -0.25) is 14.2 Å². The molecule has 2 aromatic heterocycles. The molecule has 136 valence electrons. The molecule has 0 unspecified atom stereocenters. The molecule has 0 aliphatic rings. The van der Waals surface area contributed by atoms with Crippen LogP contribution in [0.5, 0.6) is 0 Å². The molecule has 2 rings (SSSR count). The van der Waals surface area contributed by atoms with Crippen LogP contribution in [-0.2, 0) is 11.2 Å². The van der Waals surface area contributed by atoms with E-state index >= 15 is 0 Å². The van der Waals surface area contributed by atoms with Gasteiger partial charge in [-0.05, 0) is 32.9 Å². The van der Waals surface area contributed by atoms with Crippen molar-refractivity contribution in [3.63, 3.8) is 0 Å². The van der Waals surface area contributed by atoms with Crippen molar-refractivity contribution in [3.8, 4) is 0 Å². The first-order valence-corrected chi connectivity index (χ1v) is 8.31. The summed E-state index contributed by atoms with van der Waals surface area (Å²) in [6.07, 6.45) is 2.65. The molecule has 0 atom stereocenters. The Hall–Kier alpha value is -2.64. The van der Waals surface area contributed by atoms with E-state index < -0.39 is 0 Å². The summed E-state index contributed by atoms with van der Waals surface area (Å²) in [5, 5.41) is 14.5. The van der Waals surface area contributed by atoms with Gasteiger partial charge in [-0.25, -0.2) is 0 Å². The smallest absolute Gasteiger partial charge is 0.240 e. The van der Waals surface area contributed by atoms with Crippen LogP contribution in [0.3, 0.4) is 0 Å². The van der Waals surface area contributed by atoms with E-state index in [0.29, 0.717) is 18.9 Å². The average Bonchev–Trinajstić information content (AvgIpc) is 2.93. The number of nitrogens with one attached hydrogen (secondary N) is 2. The number of pyridine rings is 1. The molecule has 8 heteroatoms. The van der Waals surface area contributed by atoms with E-state index in [2.05, 4.69) is 25.8 Å². The maximum absolute atomic E-state index is 12.0. The van der Waals surface area contributed by atoms with Gasteiger partial charge in [0.1, 0.15) is 5.82 Å². The Morgan fingerprint density at radius 3 is 2.76 bits per heavy atom. The Morgan fingerprint density at radius 2 is 2.08 bits per heavy atom. The lowest BCUT2D eigenvalue weighted by Crippen LogP contribution is -2.49. The van der Waals surface area contributed by atoms with Gasteiger partial charge in [0, 0.05) is 38.8 Å². The summed E-state index contributed by atoms with van der Waals surface area (Å²) >= 11 is 0. The number of rotatable bonds is 5. The lowest BCUT2D eigenvalue weighted by molar-refractivity contribution is -0.122. The fraction of sp³-hybridized carbons (Fsp3) is 0.529. The molecule has 8 nitrogen and oxygen atoms in total. The average molecular weight is 345 g/mol. The van der Waals surface area contributed by atoms with Gasteiger partial charge >= 0.3 is 0 Å². The van der Waals surface area contributed by atoms with Gasteiger partial charge in [-0.2, -0.15) is 0 Å². The van der Waals surface area contributed by atoms with E-state index in [1.54, 1.807) is 11.9 Å². The number of carbonyl (C=O) groups is 1. The quantitative estimate of drug-likeness (QED) is 0.615. The third kappa shape index (κ3) is 5.44. The molecule has 25 heavy (non-hydrogen) atoms. The minimum Gasteiger partial charge on any atom is -0.356 e. The van der Waals surface area contributed by atoms with Gasteiger partial charge < -0.3 is 15.5 Å². The van der Waals surface area contributed by atoms with Gasteiger partial charge in [-0.1, -0.05) is 6.07 Å². The Morgan fingerprint density at radius 1 is 1.32 bits per heavy atom. The topological polar surface area (TPSA) is 86.9 Å². The van der Waals surface area contributed by atoms with Gasteiger partial charge in [-0.15, -0.1) is 10.2 Å². The first-order chi connectivity index (χ1) is 11.8. The first kappa shape index (κ1) is 18.7.